The Bertz CT molecular complexity index is 703. The molecule has 0 amide bonds. The molecule has 0 saturated carbocycles. The number of anilines is 1. The first-order chi connectivity index (χ1) is 9.16. The Morgan fingerprint density at radius 2 is 2.21 bits per heavy atom. The fourth-order valence-corrected chi connectivity index (χ4v) is 2.59. The molecule has 98 valence electrons. The fraction of sp³-hybridized carbons (Fsp3) is 0.214. The number of nitrogens with two attached hydrogens (primary N) is 1. The van der Waals surface area contributed by atoms with E-state index in [0.717, 1.165) is 23.2 Å². The van der Waals surface area contributed by atoms with Gasteiger partial charge in [-0.15, -0.1) is 0 Å². The number of furan rings is 1. The van der Waals surface area contributed by atoms with E-state index >= 15 is 0 Å². The number of aromatic nitrogens is 2. The quantitative estimate of drug-likeness (QED) is 0.793. The second kappa shape index (κ2) is 4.63. The minimum Gasteiger partial charge on any atom is -0.469 e. The van der Waals surface area contributed by atoms with E-state index in [2.05, 4.69) is 11.9 Å². The van der Waals surface area contributed by atoms with Gasteiger partial charge in [0.05, 0.1) is 16.8 Å². The normalized spacial score (nSPS) is 12.9. The van der Waals surface area contributed by atoms with Gasteiger partial charge in [0.25, 0.3) is 0 Å². The van der Waals surface area contributed by atoms with Crippen molar-refractivity contribution in [2.45, 2.75) is 19.4 Å². The molecular weight excluding hydrogens is 262 g/mol. The second-order valence-electron chi connectivity index (χ2n) is 4.58. The lowest BCUT2D eigenvalue weighted by molar-refractivity contribution is 0.456. The Hall–Kier alpha value is -1.94. The minimum absolute atomic E-state index is 0.148. The van der Waals surface area contributed by atoms with E-state index in [9.17, 15) is 0 Å². The van der Waals surface area contributed by atoms with E-state index in [1.54, 1.807) is 6.26 Å². The van der Waals surface area contributed by atoms with E-state index < -0.39 is 0 Å². The van der Waals surface area contributed by atoms with Gasteiger partial charge in [0.2, 0.25) is 5.95 Å². The van der Waals surface area contributed by atoms with Gasteiger partial charge in [-0.1, -0.05) is 17.7 Å². The van der Waals surface area contributed by atoms with Gasteiger partial charge < -0.3 is 14.7 Å². The average molecular weight is 276 g/mol. The maximum Gasteiger partial charge on any atom is 0.201 e. The number of hydrogen-bond donors (Lipinski definition) is 1. The van der Waals surface area contributed by atoms with Gasteiger partial charge in [0.1, 0.15) is 11.3 Å². The molecule has 0 saturated heterocycles. The summed E-state index contributed by atoms with van der Waals surface area (Å²) in [4.78, 5) is 4.34. The van der Waals surface area contributed by atoms with Crippen LogP contribution in [-0.2, 0) is 6.42 Å². The topological polar surface area (TPSA) is 57.0 Å². The van der Waals surface area contributed by atoms with Gasteiger partial charge in [0.15, 0.2) is 0 Å². The Morgan fingerprint density at radius 1 is 1.37 bits per heavy atom. The Labute approximate surface area is 115 Å². The van der Waals surface area contributed by atoms with Crippen LogP contribution in [0.4, 0.5) is 5.95 Å². The van der Waals surface area contributed by atoms with Gasteiger partial charge in [-0.05, 0) is 31.2 Å². The molecule has 2 heterocycles. The van der Waals surface area contributed by atoms with Crippen LogP contribution in [0.3, 0.4) is 0 Å². The predicted molar refractivity (Wildman–Crippen MR) is 76.3 cm³/mol. The second-order valence-corrected chi connectivity index (χ2v) is 4.99. The van der Waals surface area contributed by atoms with E-state index in [1.807, 2.05) is 34.9 Å². The van der Waals surface area contributed by atoms with Crippen LogP contribution in [0.25, 0.3) is 11.0 Å². The molecule has 0 bridgehead atoms. The number of imidazole rings is 1. The Morgan fingerprint density at radius 3 is 2.95 bits per heavy atom. The van der Waals surface area contributed by atoms with Gasteiger partial charge in [-0.25, -0.2) is 4.98 Å². The summed E-state index contributed by atoms with van der Waals surface area (Å²) in [5, 5.41) is 0.619. The van der Waals surface area contributed by atoms with Crippen LogP contribution in [0.5, 0.6) is 0 Å². The SMILES string of the molecule is CC(Cc1ccco1)n1c(N)nc2c(Cl)cccc21. The lowest BCUT2D eigenvalue weighted by atomic mass is 10.2. The number of hydrogen-bond acceptors (Lipinski definition) is 3. The Kier molecular flexibility index (Phi) is 2.95. The molecule has 0 spiro atoms. The third-order valence-electron chi connectivity index (χ3n) is 3.22. The highest BCUT2D eigenvalue weighted by atomic mass is 35.5. The number of fused-ring (bicyclic) bond motifs is 1. The molecule has 1 unspecified atom stereocenters. The van der Waals surface area contributed by atoms with Crippen LogP contribution in [0.1, 0.15) is 18.7 Å². The average Bonchev–Trinajstić information content (AvgIpc) is 2.96. The lowest BCUT2D eigenvalue weighted by Gasteiger charge is -2.14. The van der Waals surface area contributed by atoms with Crippen molar-refractivity contribution in [2.75, 3.05) is 5.73 Å². The highest BCUT2D eigenvalue weighted by molar-refractivity contribution is 6.35. The molecule has 1 atom stereocenters. The van der Waals surface area contributed by atoms with E-state index in [4.69, 9.17) is 21.8 Å². The Balaban J connectivity index is 2.04. The van der Waals surface area contributed by atoms with Crippen LogP contribution >= 0.6 is 11.6 Å². The summed E-state index contributed by atoms with van der Waals surface area (Å²) in [5.74, 6) is 1.40. The third kappa shape index (κ3) is 2.08. The molecule has 19 heavy (non-hydrogen) atoms. The van der Waals surface area contributed by atoms with Crippen LogP contribution in [0, 0.1) is 0 Å². The highest BCUT2D eigenvalue weighted by Crippen LogP contribution is 2.29. The monoisotopic (exact) mass is 275 g/mol. The molecule has 5 heteroatoms. The number of nitrogens with zero attached hydrogens (tertiary/aromatic N) is 2. The van der Waals surface area contributed by atoms with Crippen LogP contribution < -0.4 is 5.73 Å². The number of rotatable bonds is 3. The molecule has 1 aromatic carbocycles. The van der Waals surface area contributed by atoms with Crippen LogP contribution in [0.2, 0.25) is 5.02 Å². The molecule has 4 nitrogen and oxygen atoms in total. The number of para-hydroxylation sites is 1. The summed E-state index contributed by atoms with van der Waals surface area (Å²) in [5.41, 5.74) is 7.71. The summed E-state index contributed by atoms with van der Waals surface area (Å²) >= 11 is 6.14. The van der Waals surface area contributed by atoms with Crippen molar-refractivity contribution >= 4 is 28.6 Å². The van der Waals surface area contributed by atoms with Crippen LogP contribution in [-0.4, -0.2) is 9.55 Å². The highest BCUT2D eigenvalue weighted by Gasteiger charge is 2.16. The number of halogens is 1. The minimum atomic E-state index is 0.148. The molecule has 2 aromatic heterocycles. The fourth-order valence-electron chi connectivity index (χ4n) is 2.38. The molecule has 2 N–H and O–H groups in total. The van der Waals surface area contributed by atoms with Gasteiger partial charge in [0, 0.05) is 12.5 Å². The third-order valence-corrected chi connectivity index (χ3v) is 3.52. The molecule has 0 fully saturated rings. The zero-order chi connectivity index (χ0) is 13.4. The zero-order valence-corrected chi connectivity index (χ0v) is 11.3. The largest absolute Gasteiger partial charge is 0.469 e. The molecule has 0 aliphatic heterocycles. The first-order valence-corrected chi connectivity index (χ1v) is 6.49. The standard InChI is InChI=1S/C14H14ClN3O/c1-9(8-10-4-3-7-19-10)18-12-6-2-5-11(15)13(12)17-14(18)16/h2-7,9H,8H2,1H3,(H2,16,17). The van der Waals surface area contributed by atoms with Crippen molar-refractivity contribution < 1.29 is 4.42 Å². The first kappa shape index (κ1) is 12.1. The number of benzene rings is 1. The lowest BCUT2D eigenvalue weighted by Crippen LogP contribution is -2.11. The summed E-state index contributed by atoms with van der Waals surface area (Å²) in [7, 11) is 0. The van der Waals surface area contributed by atoms with E-state index in [0.29, 0.717) is 11.0 Å². The predicted octanol–water partition coefficient (Wildman–Crippen LogP) is 3.67. The molecule has 3 aromatic rings. The molecule has 3 rings (SSSR count). The molecule has 0 aliphatic carbocycles. The van der Waals surface area contributed by atoms with Gasteiger partial charge >= 0.3 is 0 Å². The van der Waals surface area contributed by atoms with E-state index in [1.165, 1.54) is 0 Å². The van der Waals surface area contributed by atoms with Crippen LogP contribution in [0.15, 0.2) is 41.0 Å². The summed E-state index contributed by atoms with van der Waals surface area (Å²) in [6.45, 7) is 2.08. The van der Waals surface area contributed by atoms with Crippen molar-refractivity contribution in [1.82, 2.24) is 9.55 Å². The van der Waals surface area contributed by atoms with Gasteiger partial charge in [-0.2, -0.15) is 0 Å². The first-order valence-electron chi connectivity index (χ1n) is 6.11. The van der Waals surface area contributed by atoms with E-state index in [-0.39, 0.29) is 6.04 Å². The van der Waals surface area contributed by atoms with Crippen molar-refractivity contribution in [3.8, 4) is 0 Å². The molecular formula is C14H14ClN3O. The summed E-state index contributed by atoms with van der Waals surface area (Å²) in [6.07, 6.45) is 2.43. The van der Waals surface area contributed by atoms with Crippen molar-refractivity contribution in [3.63, 3.8) is 0 Å². The maximum atomic E-state index is 6.14. The van der Waals surface area contributed by atoms with Crippen molar-refractivity contribution in [1.29, 1.82) is 0 Å². The zero-order valence-electron chi connectivity index (χ0n) is 10.5. The van der Waals surface area contributed by atoms with Gasteiger partial charge in [-0.3, -0.25) is 0 Å². The summed E-state index contributed by atoms with van der Waals surface area (Å²) < 4.78 is 7.37. The number of nitrogen functional groups attached to an aromatic ring is 1. The summed E-state index contributed by atoms with van der Waals surface area (Å²) in [6, 6.07) is 9.69. The van der Waals surface area contributed by atoms with Crippen molar-refractivity contribution in [3.05, 3.63) is 47.4 Å². The molecule has 0 aliphatic rings. The smallest absolute Gasteiger partial charge is 0.201 e. The maximum absolute atomic E-state index is 6.14. The molecule has 0 radical (unpaired) electrons. The van der Waals surface area contributed by atoms with Crippen molar-refractivity contribution in [2.24, 2.45) is 0 Å².